The summed E-state index contributed by atoms with van der Waals surface area (Å²) in [5, 5.41) is 21.7. The van der Waals surface area contributed by atoms with Crippen LogP contribution in [-0.4, -0.2) is 75.3 Å². The summed E-state index contributed by atoms with van der Waals surface area (Å²) in [4.78, 5) is 21.5. The molecule has 9 heteroatoms. The van der Waals surface area contributed by atoms with Crippen LogP contribution >= 0.6 is 0 Å². The maximum absolute atomic E-state index is 9.55. The number of hydrogen-bond donors (Lipinski definition) is 2. The van der Waals surface area contributed by atoms with E-state index in [1.807, 2.05) is 6.07 Å². The molecule has 9 nitrogen and oxygen atoms in total. The van der Waals surface area contributed by atoms with Crippen molar-refractivity contribution in [2.45, 2.75) is 32.6 Å². The molecule has 0 unspecified atom stereocenters. The molecule has 36 heavy (non-hydrogen) atoms. The number of morpholine rings is 1. The van der Waals surface area contributed by atoms with Crippen molar-refractivity contribution < 1.29 is 29.3 Å². The van der Waals surface area contributed by atoms with E-state index in [9.17, 15) is 9.59 Å². The number of carboxylic acids is 2. The van der Waals surface area contributed by atoms with Crippen molar-refractivity contribution in [3.63, 3.8) is 0 Å². The first-order valence-corrected chi connectivity index (χ1v) is 11.8. The number of carbonyl (C=O) groups is 2. The van der Waals surface area contributed by atoms with Crippen LogP contribution in [0.25, 0.3) is 10.9 Å². The summed E-state index contributed by atoms with van der Waals surface area (Å²) >= 11 is 0. The Morgan fingerprint density at radius 1 is 1.00 bits per heavy atom. The number of aromatic nitrogens is 2. The van der Waals surface area contributed by atoms with Crippen LogP contribution < -0.4 is 0 Å². The van der Waals surface area contributed by atoms with Gasteiger partial charge in [-0.2, -0.15) is 5.10 Å². The van der Waals surface area contributed by atoms with Crippen molar-refractivity contribution in [2.24, 2.45) is 0 Å². The lowest BCUT2D eigenvalue weighted by atomic mass is 10.1. The van der Waals surface area contributed by atoms with Gasteiger partial charge in [0, 0.05) is 37.2 Å². The monoisotopic (exact) mass is 495 g/mol. The molecule has 2 aromatic carbocycles. The number of benzene rings is 2. The second kappa shape index (κ2) is 13.0. The molecule has 1 aliphatic rings. The van der Waals surface area contributed by atoms with Gasteiger partial charge >= 0.3 is 11.9 Å². The number of rotatable bonds is 9. The SMILES string of the molecule is CC(C)(CN1CCOCC1)OCc1nn(Cc2ccccc2)c2ccccc12.O=C(O)C=CC(=O)O. The van der Waals surface area contributed by atoms with E-state index in [1.54, 1.807) is 0 Å². The lowest BCUT2D eigenvalue weighted by Gasteiger charge is -2.34. The summed E-state index contributed by atoms with van der Waals surface area (Å²) in [6.45, 7) is 10.1. The maximum atomic E-state index is 9.55. The van der Waals surface area contributed by atoms with Crippen LogP contribution in [0.5, 0.6) is 0 Å². The van der Waals surface area contributed by atoms with Crippen LogP contribution in [0, 0.1) is 0 Å². The van der Waals surface area contributed by atoms with E-state index < -0.39 is 11.9 Å². The van der Waals surface area contributed by atoms with Gasteiger partial charge < -0.3 is 19.7 Å². The van der Waals surface area contributed by atoms with Crippen molar-refractivity contribution in [3.05, 3.63) is 78.0 Å². The minimum atomic E-state index is -1.26. The number of para-hydroxylation sites is 1. The standard InChI is InChI=1S/C23H29N3O2.C4H4O4/c1-23(2,18-25-12-14-27-15-13-25)28-17-21-20-10-6-7-11-22(20)26(24-21)16-19-8-4-3-5-9-19;5-3(6)1-2-4(7)8/h3-11H,12-18H2,1-2H3;1-2H,(H,5,6)(H,7,8). The van der Waals surface area contributed by atoms with E-state index in [-0.39, 0.29) is 5.60 Å². The first-order valence-electron chi connectivity index (χ1n) is 11.8. The number of hydrogen-bond acceptors (Lipinski definition) is 6. The number of aliphatic carboxylic acids is 2. The Balaban J connectivity index is 0.000000392. The van der Waals surface area contributed by atoms with Gasteiger partial charge in [0.1, 0.15) is 0 Å². The molecule has 0 amide bonds. The van der Waals surface area contributed by atoms with Gasteiger partial charge in [-0.3, -0.25) is 9.58 Å². The summed E-state index contributed by atoms with van der Waals surface area (Å²) < 4.78 is 13.9. The van der Waals surface area contributed by atoms with Crippen LogP contribution in [0.3, 0.4) is 0 Å². The zero-order valence-electron chi connectivity index (χ0n) is 20.7. The Hall–Kier alpha value is -3.53. The smallest absolute Gasteiger partial charge is 0.328 e. The topological polar surface area (TPSA) is 114 Å². The molecule has 2 heterocycles. The molecule has 0 spiro atoms. The molecule has 1 fully saturated rings. The zero-order valence-corrected chi connectivity index (χ0v) is 20.7. The van der Waals surface area contributed by atoms with Crippen molar-refractivity contribution in [2.75, 3.05) is 32.8 Å². The van der Waals surface area contributed by atoms with Gasteiger partial charge in [-0.25, -0.2) is 9.59 Å². The van der Waals surface area contributed by atoms with E-state index in [2.05, 4.69) is 72.0 Å². The number of carboxylic acid groups (broad SMARTS) is 2. The second-order valence-electron chi connectivity index (χ2n) is 9.05. The molecular weight excluding hydrogens is 462 g/mol. The van der Waals surface area contributed by atoms with Crippen molar-refractivity contribution >= 4 is 22.8 Å². The molecule has 3 aromatic rings. The molecular formula is C27H33N3O6. The van der Waals surface area contributed by atoms with Gasteiger partial charge in [-0.05, 0) is 25.5 Å². The quantitative estimate of drug-likeness (QED) is 0.434. The summed E-state index contributed by atoms with van der Waals surface area (Å²) in [6.07, 6.45) is 1.12. The van der Waals surface area contributed by atoms with Gasteiger partial charge in [0.05, 0.1) is 43.2 Å². The molecule has 0 bridgehead atoms. The Labute approximate surface area is 210 Å². The van der Waals surface area contributed by atoms with Crippen molar-refractivity contribution in [3.8, 4) is 0 Å². The molecule has 1 aromatic heterocycles. The van der Waals surface area contributed by atoms with E-state index in [1.165, 1.54) is 10.9 Å². The lowest BCUT2D eigenvalue weighted by molar-refractivity contribution is -0.134. The van der Waals surface area contributed by atoms with Crippen molar-refractivity contribution in [1.29, 1.82) is 0 Å². The zero-order chi connectivity index (χ0) is 26.0. The van der Waals surface area contributed by atoms with Crippen LogP contribution in [0.4, 0.5) is 0 Å². The van der Waals surface area contributed by atoms with Crippen LogP contribution in [0.15, 0.2) is 66.7 Å². The lowest BCUT2D eigenvalue weighted by Crippen LogP contribution is -2.45. The Bertz CT molecular complexity index is 1150. The highest BCUT2D eigenvalue weighted by atomic mass is 16.5. The van der Waals surface area contributed by atoms with E-state index >= 15 is 0 Å². The largest absolute Gasteiger partial charge is 0.478 e. The second-order valence-corrected chi connectivity index (χ2v) is 9.05. The van der Waals surface area contributed by atoms with E-state index in [4.69, 9.17) is 24.8 Å². The summed E-state index contributed by atoms with van der Waals surface area (Å²) in [5.41, 5.74) is 3.16. The Kier molecular flexibility index (Phi) is 9.75. The van der Waals surface area contributed by atoms with Crippen LogP contribution in [-0.2, 0) is 32.2 Å². The maximum Gasteiger partial charge on any atom is 0.328 e. The van der Waals surface area contributed by atoms with Gasteiger partial charge in [0.25, 0.3) is 0 Å². The molecule has 1 saturated heterocycles. The number of fused-ring (bicyclic) bond motifs is 1. The van der Waals surface area contributed by atoms with Gasteiger partial charge in [0.15, 0.2) is 0 Å². The van der Waals surface area contributed by atoms with E-state index in [0.717, 1.165) is 50.6 Å². The molecule has 192 valence electrons. The Morgan fingerprint density at radius 2 is 1.61 bits per heavy atom. The van der Waals surface area contributed by atoms with Crippen molar-refractivity contribution in [1.82, 2.24) is 14.7 Å². The fourth-order valence-corrected chi connectivity index (χ4v) is 3.93. The normalized spacial score (nSPS) is 14.5. The molecule has 0 atom stereocenters. The summed E-state index contributed by atoms with van der Waals surface area (Å²) in [5.74, 6) is -2.51. The molecule has 1 aliphatic heterocycles. The average Bonchev–Trinajstić information content (AvgIpc) is 3.20. The molecule has 2 N–H and O–H groups in total. The summed E-state index contributed by atoms with van der Waals surface area (Å²) in [6, 6.07) is 18.9. The van der Waals surface area contributed by atoms with Gasteiger partial charge in [-0.15, -0.1) is 0 Å². The fraction of sp³-hybridized carbons (Fsp3) is 0.370. The third-order valence-corrected chi connectivity index (χ3v) is 5.59. The predicted octanol–water partition coefficient (Wildman–Crippen LogP) is 3.42. The molecule has 4 rings (SSSR count). The van der Waals surface area contributed by atoms with Crippen LogP contribution in [0.2, 0.25) is 0 Å². The molecule has 0 radical (unpaired) electrons. The minimum absolute atomic E-state index is 0.234. The number of ether oxygens (including phenoxy) is 2. The van der Waals surface area contributed by atoms with Crippen LogP contribution in [0.1, 0.15) is 25.1 Å². The summed E-state index contributed by atoms with van der Waals surface area (Å²) in [7, 11) is 0. The number of nitrogens with zero attached hydrogens (tertiary/aromatic N) is 3. The highest BCUT2D eigenvalue weighted by molar-refractivity contribution is 5.89. The third kappa shape index (κ3) is 8.60. The highest BCUT2D eigenvalue weighted by Gasteiger charge is 2.25. The fourth-order valence-electron chi connectivity index (χ4n) is 3.93. The minimum Gasteiger partial charge on any atom is -0.478 e. The molecule has 0 saturated carbocycles. The third-order valence-electron chi connectivity index (χ3n) is 5.59. The molecule has 0 aliphatic carbocycles. The average molecular weight is 496 g/mol. The predicted molar refractivity (Wildman–Crippen MR) is 136 cm³/mol. The Morgan fingerprint density at radius 3 is 2.25 bits per heavy atom. The van der Waals surface area contributed by atoms with E-state index in [0.29, 0.717) is 18.8 Å². The van der Waals surface area contributed by atoms with Gasteiger partial charge in [0.2, 0.25) is 0 Å². The first-order chi connectivity index (χ1) is 17.2. The highest BCUT2D eigenvalue weighted by Crippen LogP contribution is 2.23. The van der Waals surface area contributed by atoms with Gasteiger partial charge in [-0.1, -0.05) is 48.5 Å². The first kappa shape index (κ1) is 27.1.